The van der Waals surface area contributed by atoms with Gasteiger partial charge in [0.1, 0.15) is 0 Å². The zero-order valence-electron chi connectivity index (χ0n) is 22.4. The van der Waals surface area contributed by atoms with Crippen molar-refractivity contribution in [2.24, 2.45) is 0 Å². The molecule has 0 saturated heterocycles. The average Bonchev–Trinajstić information content (AvgIpc) is 3.43. The standard InChI is InChI=1S/C34H30N2O4Se/c37-31-21-22-36-32(24-38-33(36)35-31)40-29(25-41-30-19-11-4-12-20-30)23-39-34(26-13-5-1-6-14-26,27-15-7-2-8-16-27)28-17-9-3-10-18-28/h1-22,29,32H,23-25H2/t29-,32-/m1/s1. The Bertz CT molecular complexity index is 1500. The van der Waals surface area contributed by atoms with Gasteiger partial charge < -0.3 is 0 Å². The van der Waals surface area contributed by atoms with Gasteiger partial charge in [-0.3, -0.25) is 0 Å². The van der Waals surface area contributed by atoms with Gasteiger partial charge in [0.05, 0.1) is 0 Å². The van der Waals surface area contributed by atoms with Crippen LogP contribution in [0.5, 0.6) is 6.01 Å². The molecule has 2 atom stereocenters. The van der Waals surface area contributed by atoms with E-state index in [1.807, 2.05) is 60.7 Å². The van der Waals surface area contributed by atoms with Crippen molar-refractivity contribution in [1.29, 1.82) is 0 Å². The van der Waals surface area contributed by atoms with Gasteiger partial charge in [-0.2, -0.15) is 0 Å². The van der Waals surface area contributed by atoms with E-state index in [-0.39, 0.29) is 39.2 Å². The first kappa shape index (κ1) is 27.2. The van der Waals surface area contributed by atoms with Crippen molar-refractivity contribution in [2.75, 3.05) is 13.2 Å². The van der Waals surface area contributed by atoms with Crippen LogP contribution in [-0.2, 0) is 15.1 Å². The summed E-state index contributed by atoms with van der Waals surface area (Å²) in [6.45, 7) is 0.624. The molecule has 1 aliphatic heterocycles. The van der Waals surface area contributed by atoms with Crippen molar-refractivity contribution in [1.82, 2.24) is 9.55 Å². The van der Waals surface area contributed by atoms with E-state index in [2.05, 4.69) is 65.6 Å². The SMILES string of the molecule is O=c1ccn2c(n1)OC[C@H]2O[C@H](COC(c1ccccc1)(c1ccccc1)c1ccccc1)C[Se]c1ccccc1. The van der Waals surface area contributed by atoms with E-state index in [9.17, 15) is 4.79 Å². The molecule has 0 saturated carbocycles. The van der Waals surface area contributed by atoms with Crippen molar-refractivity contribution >= 4 is 19.4 Å². The molecule has 4 aromatic carbocycles. The molecule has 7 heteroatoms. The van der Waals surface area contributed by atoms with E-state index in [4.69, 9.17) is 14.2 Å². The van der Waals surface area contributed by atoms with E-state index in [1.165, 1.54) is 10.5 Å². The first-order valence-corrected chi connectivity index (χ1v) is 15.6. The molecule has 5 aromatic rings. The Hall–Kier alpha value is -4.00. The number of rotatable bonds is 11. The summed E-state index contributed by atoms with van der Waals surface area (Å²) in [5.74, 6) is 0. The molecular weight excluding hydrogens is 579 g/mol. The fourth-order valence-corrected chi connectivity index (χ4v) is 6.99. The van der Waals surface area contributed by atoms with Crippen LogP contribution in [-0.4, -0.2) is 43.8 Å². The number of aromatic nitrogens is 2. The molecule has 0 N–H and O–H groups in total. The zero-order valence-corrected chi connectivity index (χ0v) is 24.1. The number of fused-ring (bicyclic) bond motifs is 1. The summed E-state index contributed by atoms with van der Waals surface area (Å²) in [6, 6.07) is 43.3. The fraction of sp³-hybridized carbons (Fsp3) is 0.176. The number of hydrogen-bond donors (Lipinski definition) is 0. The predicted octanol–water partition coefficient (Wildman–Crippen LogP) is 4.98. The summed E-state index contributed by atoms with van der Waals surface area (Å²) in [7, 11) is 0. The number of nitrogens with zero attached hydrogens (tertiary/aromatic N) is 2. The van der Waals surface area contributed by atoms with E-state index in [0.29, 0.717) is 6.61 Å². The van der Waals surface area contributed by atoms with Gasteiger partial charge in [-0.25, -0.2) is 0 Å². The molecule has 2 heterocycles. The number of benzene rings is 4. The van der Waals surface area contributed by atoms with Gasteiger partial charge in [-0.15, -0.1) is 0 Å². The molecule has 0 spiro atoms. The van der Waals surface area contributed by atoms with Gasteiger partial charge >= 0.3 is 246 Å². The summed E-state index contributed by atoms with van der Waals surface area (Å²) in [4.78, 5) is 15.8. The first-order valence-electron chi connectivity index (χ1n) is 13.6. The Balaban J connectivity index is 1.35. The van der Waals surface area contributed by atoms with Gasteiger partial charge in [0.15, 0.2) is 0 Å². The topological polar surface area (TPSA) is 62.6 Å². The average molecular weight is 610 g/mol. The van der Waals surface area contributed by atoms with Crippen LogP contribution in [0, 0.1) is 0 Å². The summed E-state index contributed by atoms with van der Waals surface area (Å²) < 4.78 is 22.6. The number of ether oxygens (including phenoxy) is 3. The Morgan fingerprint density at radius 1 is 0.805 bits per heavy atom. The van der Waals surface area contributed by atoms with Gasteiger partial charge in [-0.05, 0) is 0 Å². The molecule has 0 unspecified atom stereocenters. The van der Waals surface area contributed by atoms with Crippen LogP contribution >= 0.6 is 0 Å². The molecule has 6 nitrogen and oxygen atoms in total. The van der Waals surface area contributed by atoms with Gasteiger partial charge in [0.2, 0.25) is 0 Å². The third-order valence-electron chi connectivity index (χ3n) is 7.03. The van der Waals surface area contributed by atoms with E-state index < -0.39 is 11.8 Å². The predicted molar refractivity (Wildman–Crippen MR) is 160 cm³/mol. The van der Waals surface area contributed by atoms with Gasteiger partial charge in [-0.1, -0.05) is 0 Å². The molecule has 0 radical (unpaired) electrons. The van der Waals surface area contributed by atoms with E-state index >= 15 is 0 Å². The quantitative estimate of drug-likeness (QED) is 0.156. The van der Waals surface area contributed by atoms with Crippen LogP contribution in [0.25, 0.3) is 0 Å². The molecule has 1 aliphatic rings. The minimum atomic E-state index is -0.846. The van der Waals surface area contributed by atoms with Gasteiger partial charge in [0, 0.05) is 0 Å². The molecule has 0 bridgehead atoms. The second kappa shape index (κ2) is 12.7. The van der Waals surface area contributed by atoms with Crippen LogP contribution in [0.4, 0.5) is 0 Å². The van der Waals surface area contributed by atoms with Crippen molar-refractivity contribution in [2.45, 2.75) is 23.3 Å². The van der Waals surface area contributed by atoms with Crippen molar-refractivity contribution in [3.8, 4) is 6.01 Å². The van der Waals surface area contributed by atoms with Crippen LogP contribution < -0.4 is 14.8 Å². The molecule has 206 valence electrons. The number of hydrogen-bond acceptors (Lipinski definition) is 5. The molecule has 6 rings (SSSR count). The van der Waals surface area contributed by atoms with E-state index in [1.54, 1.807) is 10.8 Å². The summed E-state index contributed by atoms with van der Waals surface area (Å²) in [6.07, 6.45) is 1.03. The molecule has 0 fully saturated rings. The Kier molecular flexibility index (Phi) is 8.40. The maximum absolute atomic E-state index is 11.8. The van der Waals surface area contributed by atoms with Crippen LogP contribution in [0.15, 0.2) is 138 Å². The summed E-state index contributed by atoms with van der Waals surface area (Å²) >= 11 is 0.161. The molecule has 1 aromatic heterocycles. The zero-order chi connectivity index (χ0) is 27.9. The second-order valence-corrected chi connectivity index (χ2v) is 12.0. The van der Waals surface area contributed by atoms with Crippen molar-refractivity contribution in [3.63, 3.8) is 0 Å². The molecule has 0 amide bonds. The monoisotopic (exact) mass is 610 g/mol. The molecule has 0 aliphatic carbocycles. The normalized spacial score (nSPS) is 15.2. The van der Waals surface area contributed by atoms with Crippen LogP contribution in [0.3, 0.4) is 0 Å². The van der Waals surface area contributed by atoms with Crippen LogP contribution in [0.2, 0.25) is 5.32 Å². The van der Waals surface area contributed by atoms with Gasteiger partial charge in [0.25, 0.3) is 0 Å². The Labute approximate surface area is 245 Å². The summed E-state index contributed by atoms with van der Waals surface area (Å²) in [5.41, 5.74) is 1.95. The van der Waals surface area contributed by atoms with Crippen molar-refractivity contribution < 1.29 is 14.2 Å². The third-order valence-corrected chi connectivity index (χ3v) is 9.43. The third kappa shape index (κ3) is 6.04. The molecular formula is C34H30N2O4Se. The maximum atomic E-state index is 11.8. The summed E-state index contributed by atoms with van der Waals surface area (Å²) in [5, 5.41) is 0.797. The fourth-order valence-electron chi connectivity index (χ4n) is 5.10. The first-order chi connectivity index (χ1) is 20.2. The Morgan fingerprint density at radius 3 is 1.90 bits per heavy atom. The van der Waals surface area contributed by atoms with E-state index in [0.717, 1.165) is 22.0 Å². The van der Waals surface area contributed by atoms with Crippen molar-refractivity contribution in [3.05, 3.63) is 161 Å². The van der Waals surface area contributed by atoms with Crippen LogP contribution in [0.1, 0.15) is 22.9 Å². The second-order valence-electron chi connectivity index (χ2n) is 9.69. The minimum absolute atomic E-state index is 0.161. The Morgan fingerprint density at radius 2 is 1.34 bits per heavy atom. The molecule has 41 heavy (non-hydrogen) atoms.